The largest absolute Gasteiger partial charge is 0.339 e. The first-order chi connectivity index (χ1) is 11.6. The summed E-state index contributed by atoms with van der Waals surface area (Å²) in [6.07, 6.45) is 0.944. The first-order valence-corrected chi connectivity index (χ1v) is 8.67. The van der Waals surface area contributed by atoms with E-state index in [-0.39, 0.29) is 17.7 Å². The average molecular weight is 322 g/mol. The van der Waals surface area contributed by atoms with E-state index in [0.29, 0.717) is 32.1 Å². The van der Waals surface area contributed by atoms with Crippen molar-refractivity contribution in [3.05, 3.63) is 48.0 Å². The van der Waals surface area contributed by atoms with Crippen LogP contribution in [0.25, 0.3) is 10.8 Å². The molecule has 2 aromatic rings. The van der Waals surface area contributed by atoms with Crippen LogP contribution in [0.15, 0.2) is 42.5 Å². The van der Waals surface area contributed by atoms with Crippen LogP contribution in [0.3, 0.4) is 0 Å². The summed E-state index contributed by atoms with van der Waals surface area (Å²) in [6.45, 7) is 4.24. The number of carbonyl (C=O) groups is 2. The normalized spacial score (nSPS) is 23.4. The molecule has 0 spiro atoms. The molecule has 1 heterocycles. The van der Waals surface area contributed by atoms with Gasteiger partial charge in [-0.15, -0.1) is 0 Å². The van der Waals surface area contributed by atoms with Crippen LogP contribution >= 0.6 is 0 Å². The molecule has 0 unspecified atom stereocenters. The fourth-order valence-electron chi connectivity index (χ4n) is 3.86. The van der Waals surface area contributed by atoms with E-state index < -0.39 is 0 Å². The van der Waals surface area contributed by atoms with Crippen LogP contribution < -0.4 is 0 Å². The number of rotatable bonds is 2. The molecule has 2 aliphatic rings. The minimum atomic E-state index is 0.0992. The molecule has 2 fully saturated rings. The highest BCUT2D eigenvalue weighted by Crippen LogP contribution is 2.50. The van der Waals surface area contributed by atoms with Crippen LogP contribution in [0.2, 0.25) is 0 Å². The SMILES string of the molecule is CC(=O)N1CCN(C(=O)[C@@H]2C[C@@H]2c2cccc3ccccc23)CC1. The van der Waals surface area contributed by atoms with Crippen molar-refractivity contribution in [1.82, 2.24) is 9.80 Å². The molecule has 24 heavy (non-hydrogen) atoms. The van der Waals surface area contributed by atoms with Crippen LogP contribution in [0.1, 0.15) is 24.8 Å². The van der Waals surface area contributed by atoms with Gasteiger partial charge >= 0.3 is 0 Å². The van der Waals surface area contributed by atoms with Gasteiger partial charge in [-0.25, -0.2) is 0 Å². The molecule has 0 bridgehead atoms. The molecule has 4 rings (SSSR count). The quantitative estimate of drug-likeness (QED) is 0.853. The zero-order valence-corrected chi connectivity index (χ0v) is 13.9. The van der Waals surface area contributed by atoms with Crippen molar-refractivity contribution in [1.29, 1.82) is 0 Å². The Bertz CT molecular complexity index is 788. The summed E-state index contributed by atoms with van der Waals surface area (Å²) in [4.78, 5) is 27.9. The topological polar surface area (TPSA) is 40.6 Å². The zero-order chi connectivity index (χ0) is 16.7. The first kappa shape index (κ1) is 15.2. The van der Waals surface area contributed by atoms with Gasteiger partial charge in [0.25, 0.3) is 0 Å². The molecule has 0 N–H and O–H groups in total. The zero-order valence-electron chi connectivity index (χ0n) is 13.9. The minimum absolute atomic E-state index is 0.0992. The third-order valence-corrected chi connectivity index (χ3v) is 5.37. The average Bonchev–Trinajstić information content (AvgIpc) is 3.41. The smallest absolute Gasteiger partial charge is 0.226 e. The third-order valence-electron chi connectivity index (χ3n) is 5.37. The van der Waals surface area contributed by atoms with E-state index in [0.717, 1.165) is 6.42 Å². The maximum Gasteiger partial charge on any atom is 0.226 e. The number of nitrogens with zero attached hydrogens (tertiary/aromatic N) is 2. The van der Waals surface area contributed by atoms with Gasteiger partial charge in [0.2, 0.25) is 11.8 Å². The molecule has 1 saturated heterocycles. The van der Waals surface area contributed by atoms with Gasteiger partial charge in [0, 0.05) is 39.0 Å². The molecular formula is C20H22N2O2. The van der Waals surface area contributed by atoms with Crippen molar-refractivity contribution in [2.24, 2.45) is 5.92 Å². The molecule has 0 radical (unpaired) electrons. The van der Waals surface area contributed by atoms with Gasteiger partial charge in [0.05, 0.1) is 0 Å². The van der Waals surface area contributed by atoms with Crippen molar-refractivity contribution in [3.8, 4) is 0 Å². The van der Waals surface area contributed by atoms with Crippen molar-refractivity contribution >= 4 is 22.6 Å². The third kappa shape index (κ3) is 2.66. The van der Waals surface area contributed by atoms with Crippen molar-refractivity contribution in [3.63, 3.8) is 0 Å². The number of hydrogen-bond donors (Lipinski definition) is 0. The number of fused-ring (bicyclic) bond motifs is 1. The Hall–Kier alpha value is -2.36. The fourth-order valence-corrected chi connectivity index (χ4v) is 3.86. The molecule has 4 nitrogen and oxygen atoms in total. The molecule has 0 aromatic heterocycles. The Morgan fingerprint density at radius 2 is 1.58 bits per heavy atom. The standard InChI is InChI=1S/C20H22N2O2/c1-14(23)21-9-11-22(12-10-21)20(24)19-13-18(19)17-8-4-6-15-5-2-3-7-16(15)17/h2-8,18-19H,9-13H2,1H3/t18-,19-/m1/s1. The predicted molar refractivity (Wildman–Crippen MR) is 93.6 cm³/mol. The lowest BCUT2D eigenvalue weighted by Gasteiger charge is -2.34. The number of carbonyl (C=O) groups excluding carboxylic acids is 2. The molecule has 1 saturated carbocycles. The summed E-state index contributed by atoms with van der Waals surface area (Å²) in [5.74, 6) is 0.812. The Labute approximate surface area is 142 Å². The Morgan fingerprint density at radius 1 is 0.917 bits per heavy atom. The van der Waals surface area contributed by atoms with E-state index in [1.807, 2.05) is 9.80 Å². The van der Waals surface area contributed by atoms with Crippen molar-refractivity contribution in [2.75, 3.05) is 26.2 Å². The van der Waals surface area contributed by atoms with E-state index in [2.05, 4.69) is 42.5 Å². The second-order valence-electron chi connectivity index (χ2n) is 6.85. The summed E-state index contributed by atoms with van der Waals surface area (Å²) in [5.41, 5.74) is 1.30. The van der Waals surface area contributed by atoms with Gasteiger partial charge in [-0.3, -0.25) is 9.59 Å². The van der Waals surface area contributed by atoms with Gasteiger partial charge in [0.1, 0.15) is 0 Å². The molecule has 4 heteroatoms. The van der Waals surface area contributed by atoms with Crippen LogP contribution in [0.4, 0.5) is 0 Å². The number of hydrogen-bond acceptors (Lipinski definition) is 2. The summed E-state index contributed by atoms with van der Waals surface area (Å²) in [5, 5.41) is 2.50. The van der Waals surface area contributed by atoms with Crippen LogP contribution in [0.5, 0.6) is 0 Å². The Kier molecular flexibility index (Phi) is 3.75. The molecular weight excluding hydrogens is 300 g/mol. The monoisotopic (exact) mass is 322 g/mol. The molecule has 2 amide bonds. The first-order valence-electron chi connectivity index (χ1n) is 8.67. The maximum atomic E-state index is 12.8. The highest BCUT2D eigenvalue weighted by atomic mass is 16.2. The van der Waals surface area contributed by atoms with E-state index in [9.17, 15) is 9.59 Å². The van der Waals surface area contributed by atoms with E-state index >= 15 is 0 Å². The summed E-state index contributed by atoms with van der Waals surface area (Å²) in [6, 6.07) is 14.8. The predicted octanol–water partition coefficient (Wildman–Crippen LogP) is 2.63. The highest BCUT2D eigenvalue weighted by Gasteiger charge is 2.46. The van der Waals surface area contributed by atoms with E-state index in [1.165, 1.54) is 16.3 Å². The highest BCUT2D eigenvalue weighted by molar-refractivity contribution is 5.89. The van der Waals surface area contributed by atoms with Crippen molar-refractivity contribution < 1.29 is 9.59 Å². The maximum absolute atomic E-state index is 12.8. The lowest BCUT2D eigenvalue weighted by Crippen LogP contribution is -2.50. The van der Waals surface area contributed by atoms with Crippen molar-refractivity contribution in [2.45, 2.75) is 19.3 Å². The summed E-state index contributed by atoms with van der Waals surface area (Å²) < 4.78 is 0. The molecule has 1 aliphatic heterocycles. The van der Waals surface area contributed by atoms with Gasteiger partial charge in [0.15, 0.2) is 0 Å². The van der Waals surface area contributed by atoms with E-state index in [4.69, 9.17) is 0 Å². The number of amides is 2. The lowest BCUT2D eigenvalue weighted by molar-refractivity contribution is -0.139. The van der Waals surface area contributed by atoms with Crippen LogP contribution in [0, 0.1) is 5.92 Å². The molecule has 124 valence electrons. The lowest BCUT2D eigenvalue weighted by atomic mass is 10.00. The second kappa shape index (κ2) is 5.93. The molecule has 2 aromatic carbocycles. The minimum Gasteiger partial charge on any atom is -0.339 e. The van der Waals surface area contributed by atoms with Gasteiger partial charge in [-0.1, -0.05) is 42.5 Å². The second-order valence-corrected chi connectivity index (χ2v) is 6.85. The summed E-state index contributed by atoms with van der Waals surface area (Å²) >= 11 is 0. The molecule has 2 atom stereocenters. The number of benzene rings is 2. The van der Waals surface area contributed by atoms with Gasteiger partial charge < -0.3 is 9.80 Å². The Balaban J connectivity index is 1.46. The van der Waals surface area contributed by atoms with Crippen LogP contribution in [-0.4, -0.2) is 47.8 Å². The Morgan fingerprint density at radius 3 is 2.33 bits per heavy atom. The van der Waals surface area contributed by atoms with E-state index in [1.54, 1.807) is 6.92 Å². The summed E-state index contributed by atoms with van der Waals surface area (Å²) in [7, 11) is 0. The van der Waals surface area contributed by atoms with Crippen LogP contribution in [-0.2, 0) is 9.59 Å². The fraction of sp³-hybridized carbons (Fsp3) is 0.400. The van der Waals surface area contributed by atoms with Gasteiger partial charge in [-0.05, 0) is 28.7 Å². The molecule has 1 aliphatic carbocycles. The van der Waals surface area contributed by atoms with Gasteiger partial charge in [-0.2, -0.15) is 0 Å². The number of piperazine rings is 1.